The summed E-state index contributed by atoms with van der Waals surface area (Å²) >= 11 is 0. The van der Waals surface area contributed by atoms with Crippen LogP contribution in [0.4, 0.5) is 13.2 Å². The molecule has 0 radical (unpaired) electrons. The second-order valence-corrected chi connectivity index (χ2v) is 10.6. The number of nitrogens with zero attached hydrogens (tertiary/aromatic N) is 1. The SMILES string of the molecule is O=C1CCC(N2Cc3cc(C(=O)NC4CC5(C=C(c6ccc(C(F)(F)F)cc6)C5)C4)ccc3C2=O)C(=O)N1. The lowest BCUT2D eigenvalue weighted by Gasteiger charge is -2.52. The molecule has 2 aromatic carbocycles. The number of hydrogen-bond acceptors (Lipinski definition) is 4. The Kier molecular flexibility index (Phi) is 5.48. The monoisotopic (exact) mass is 523 g/mol. The van der Waals surface area contributed by atoms with Crippen LogP contribution in [0.2, 0.25) is 0 Å². The molecule has 2 aromatic rings. The van der Waals surface area contributed by atoms with Crippen LogP contribution in [0.3, 0.4) is 0 Å². The van der Waals surface area contributed by atoms with Crippen LogP contribution in [0.1, 0.15) is 69.5 Å². The molecule has 2 N–H and O–H groups in total. The Morgan fingerprint density at radius 2 is 1.76 bits per heavy atom. The standard InChI is InChI=1S/C28H24F3N3O4/c29-28(30,31)19-4-1-15(2-5-19)18-10-27(11-18)12-20(13-27)32-24(36)16-3-6-21-17(9-16)14-34(26(21)38)22-7-8-23(35)33-25(22)37/h1-6,9-10,20,22H,7-8,11-14H2,(H,32,36)(H,33,35,37). The number of hydrogen-bond donors (Lipinski definition) is 2. The molecule has 10 heteroatoms. The van der Waals surface area contributed by atoms with E-state index >= 15 is 0 Å². The Bertz CT molecular complexity index is 1410. The second-order valence-electron chi connectivity index (χ2n) is 10.6. The Balaban J connectivity index is 1.05. The van der Waals surface area contributed by atoms with Gasteiger partial charge in [0.15, 0.2) is 0 Å². The summed E-state index contributed by atoms with van der Waals surface area (Å²) in [5, 5.41) is 5.30. The number of fused-ring (bicyclic) bond motifs is 1. The first-order chi connectivity index (χ1) is 18.0. The topological polar surface area (TPSA) is 95.6 Å². The summed E-state index contributed by atoms with van der Waals surface area (Å²) in [5.41, 5.74) is 2.66. The highest BCUT2D eigenvalue weighted by atomic mass is 19.4. The summed E-state index contributed by atoms with van der Waals surface area (Å²) in [5.74, 6) is -1.36. The van der Waals surface area contributed by atoms with Gasteiger partial charge < -0.3 is 10.2 Å². The summed E-state index contributed by atoms with van der Waals surface area (Å²) in [7, 11) is 0. The molecule has 7 nitrogen and oxygen atoms in total. The molecule has 1 saturated heterocycles. The number of imide groups is 1. The zero-order valence-electron chi connectivity index (χ0n) is 20.2. The molecule has 1 atom stereocenters. The molecule has 4 aliphatic rings. The van der Waals surface area contributed by atoms with Gasteiger partial charge in [0.25, 0.3) is 11.8 Å². The van der Waals surface area contributed by atoms with Crippen molar-refractivity contribution in [3.8, 4) is 0 Å². The summed E-state index contributed by atoms with van der Waals surface area (Å²) in [4.78, 5) is 50.8. The Morgan fingerprint density at radius 3 is 2.42 bits per heavy atom. The zero-order valence-corrected chi connectivity index (χ0v) is 20.2. The average Bonchev–Trinajstić information content (AvgIpc) is 3.14. The van der Waals surface area contributed by atoms with Crippen LogP contribution < -0.4 is 10.6 Å². The van der Waals surface area contributed by atoms with Crippen molar-refractivity contribution in [2.24, 2.45) is 5.41 Å². The summed E-state index contributed by atoms with van der Waals surface area (Å²) in [6.45, 7) is 0.200. The molecule has 2 aliphatic heterocycles. The van der Waals surface area contributed by atoms with Gasteiger partial charge in [0.05, 0.1) is 5.56 Å². The highest BCUT2D eigenvalue weighted by Crippen LogP contribution is 2.56. The van der Waals surface area contributed by atoms with Crippen LogP contribution in [0, 0.1) is 5.41 Å². The lowest BCUT2D eigenvalue weighted by atomic mass is 9.55. The normalized spacial score (nSPS) is 26.3. The fraction of sp³-hybridized carbons (Fsp3) is 0.357. The molecule has 2 aliphatic carbocycles. The lowest BCUT2D eigenvalue weighted by molar-refractivity contribution is -0.138. The number of piperidine rings is 1. The van der Waals surface area contributed by atoms with Gasteiger partial charge >= 0.3 is 6.18 Å². The van der Waals surface area contributed by atoms with E-state index in [1.54, 1.807) is 18.2 Å². The maximum absolute atomic E-state index is 12.9. The number of allylic oxidation sites excluding steroid dienone is 2. The zero-order chi connectivity index (χ0) is 26.8. The van der Waals surface area contributed by atoms with E-state index in [1.807, 2.05) is 0 Å². The molecule has 196 valence electrons. The van der Waals surface area contributed by atoms with Crippen molar-refractivity contribution in [1.82, 2.24) is 15.5 Å². The van der Waals surface area contributed by atoms with Gasteiger partial charge in [0.2, 0.25) is 11.8 Å². The van der Waals surface area contributed by atoms with Crippen LogP contribution in [0.25, 0.3) is 5.57 Å². The summed E-state index contributed by atoms with van der Waals surface area (Å²) in [6.07, 6.45) is 0.481. The smallest absolute Gasteiger partial charge is 0.349 e. The predicted molar refractivity (Wildman–Crippen MR) is 129 cm³/mol. The molecule has 38 heavy (non-hydrogen) atoms. The lowest BCUT2D eigenvalue weighted by Crippen LogP contribution is -2.52. The Morgan fingerprint density at radius 1 is 1.05 bits per heavy atom. The van der Waals surface area contributed by atoms with E-state index in [0.29, 0.717) is 16.7 Å². The fourth-order valence-electron chi connectivity index (χ4n) is 6.05. The van der Waals surface area contributed by atoms with Crippen LogP contribution in [-0.2, 0) is 22.3 Å². The van der Waals surface area contributed by atoms with Crippen molar-refractivity contribution in [1.29, 1.82) is 0 Å². The van der Waals surface area contributed by atoms with E-state index in [-0.39, 0.29) is 48.6 Å². The molecule has 1 saturated carbocycles. The first-order valence-corrected chi connectivity index (χ1v) is 12.5. The van der Waals surface area contributed by atoms with Gasteiger partial charge in [-0.05, 0) is 78.1 Å². The third-order valence-electron chi connectivity index (χ3n) is 8.03. The molecule has 4 amide bonds. The molecule has 1 spiro atoms. The van der Waals surface area contributed by atoms with Crippen molar-refractivity contribution in [3.05, 3.63) is 76.4 Å². The molecule has 1 unspecified atom stereocenters. The molecule has 0 aromatic heterocycles. The predicted octanol–water partition coefficient (Wildman–Crippen LogP) is 3.83. The van der Waals surface area contributed by atoms with Crippen molar-refractivity contribution in [3.63, 3.8) is 0 Å². The quantitative estimate of drug-likeness (QED) is 0.596. The van der Waals surface area contributed by atoms with Gasteiger partial charge in [-0.2, -0.15) is 13.2 Å². The van der Waals surface area contributed by atoms with Crippen molar-refractivity contribution >= 4 is 29.2 Å². The van der Waals surface area contributed by atoms with Crippen molar-refractivity contribution in [2.45, 2.75) is 56.9 Å². The van der Waals surface area contributed by atoms with Crippen LogP contribution in [0.15, 0.2) is 48.5 Å². The number of rotatable bonds is 4. The number of halogens is 3. The van der Waals surface area contributed by atoms with Crippen LogP contribution in [-0.4, -0.2) is 40.6 Å². The molecule has 0 bridgehead atoms. The minimum atomic E-state index is -4.35. The van der Waals surface area contributed by atoms with E-state index in [1.165, 1.54) is 17.0 Å². The third kappa shape index (κ3) is 4.17. The minimum absolute atomic E-state index is 0.0113. The van der Waals surface area contributed by atoms with E-state index in [4.69, 9.17) is 0 Å². The largest absolute Gasteiger partial charge is 0.416 e. The molecule has 6 rings (SSSR count). The number of carbonyl (C=O) groups is 4. The van der Waals surface area contributed by atoms with Gasteiger partial charge in [-0.1, -0.05) is 18.2 Å². The van der Waals surface area contributed by atoms with Gasteiger partial charge in [0.1, 0.15) is 6.04 Å². The summed E-state index contributed by atoms with van der Waals surface area (Å²) < 4.78 is 38.4. The molecular formula is C28H24F3N3O4. The van der Waals surface area contributed by atoms with E-state index < -0.39 is 23.7 Å². The number of nitrogens with one attached hydrogen (secondary N) is 2. The van der Waals surface area contributed by atoms with Gasteiger partial charge in [-0.15, -0.1) is 0 Å². The van der Waals surface area contributed by atoms with Crippen LogP contribution >= 0.6 is 0 Å². The Labute approximate surface area is 216 Å². The third-order valence-corrected chi connectivity index (χ3v) is 8.03. The fourth-order valence-corrected chi connectivity index (χ4v) is 6.05. The van der Waals surface area contributed by atoms with E-state index in [0.717, 1.165) is 42.5 Å². The van der Waals surface area contributed by atoms with Crippen LogP contribution in [0.5, 0.6) is 0 Å². The number of carbonyl (C=O) groups excluding carboxylic acids is 4. The number of amides is 4. The van der Waals surface area contributed by atoms with E-state index in [2.05, 4.69) is 16.7 Å². The second kappa shape index (κ2) is 8.54. The van der Waals surface area contributed by atoms with Gasteiger partial charge in [-0.25, -0.2) is 0 Å². The van der Waals surface area contributed by atoms with Gasteiger partial charge in [-0.3, -0.25) is 24.5 Å². The van der Waals surface area contributed by atoms with Crippen molar-refractivity contribution in [2.75, 3.05) is 0 Å². The highest BCUT2D eigenvalue weighted by molar-refractivity contribution is 6.06. The summed E-state index contributed by atoms with van der Waals surface area (Å²) in [6, 6.07) is 9.35. The molecular weight excluding hydrogens is 499 g/mol. The highest BCUT2D eigenvalue weighted by Gasteiger charge is 2.48. The maximum Gasteiger partial charge on any atom is 0.416 e. The first kappa shape index (κ1) is 24.4. The average molecular weight is 524 g/mol. The minimum Gasteiger partial charge on any atom is -0.349 e. The Hall–Kier alpha value is -3.95. The number of benzene rings is 2. The number of alkyl halides is 3. The van der Waals surface area contributed by atoms with Crippen molar-refractivity contribution < 1.29 is 32.3 Å². The first-order valence-electron chi connectivity index (χ1n) is 12.5. The van der Waals surface area contributed by atoms with E-state index in [9.17, 15) is 32.3 Å². The molecule has 2 fully saturated rings. The molecule has 2 heterocycles. The maximum atomic E-state index is 12.9. The van der Waals surface area contributed by atoms with Gasteiger partial charge in [0, 0.05) is 30.1 Å².